The number of methoxy groups -OCH3 is 2. The van der Waals surface area contributed by atoms with Crippen LogP contribution in [0.1, 0.15) is 38.7 Å². The lowest BCUT2D eigenvalue weighted by atomic mass is 9.88. The summed E-state index contributed by atoms with van der Waals surface area (Å²) < 4.78 is 10.2. The van der Waals surface area contributed by atoms with Crippen LogP contribution in [0.5, 0.6) is 5.75 Å². The van der Waals surface area contributed by atoms with Gasteiger partial charge in [0.1, 0.15) is 5.75 Å². The van der Waals surface area contributed by atoms with Gasteiger partial charge in [0, 0.05) is 39.1 Å². The fraction of sp³-hybridized carbons (Fsp3) is 0.619. The molecular weight excluding hydrogens is 344 g/mol. The molecule has 2 rings (SSSR count). The summed E-state index contributed by atoms with van der Waals surface area (Å²) in [6.45, 7) is 8.11. The summed E-state index contributed by atoms with van der Waals surface area (Å²) in [4.78, 5) is 27.3. The molecule has 0 bridgehead atoms. The van der Waals surface area contributed by atoms with E-state index in [1.165, 1.54) is 0 Å². The topological polar surface area (TPSA) is 67.9 Å². The maximum atomic E-state index is 12.8. The maximum absolute atomic E-state index is 12.8. The summed E-state index contributed by atoms with van der Waals surface area (Å²) in [5.41, 5.74) is 0.972. The number of amides is 2. The van der Waals surface area contributed by atoms with Crippen LogP contribution in [0.4, 0.5) is 0 Å². The van der Waals surface area contributed by atoms with E-state index < -0.39 is 0 Å². The Bertz CT molecular complexity index is 637. The first-order valence-corrected chi connectivity index (χ1v) is 9.43. The van der Waals surface area contributed by atoms with E-state index >= 15 is 0 Å². The van der Waals surface area contributed by atoms with Gasteiger partial charge in [-0.05, 0) is 23.1 Å². The van der Waals surface area contributed by atoms with Crippen LogP contribution < -0.4 is 10.1 Å². The molecule has 6 nitrogen and oxygen atoms in total. The number of ether oxygens (including phenoxy) is 2. The Hall–Kier alpha value is -2.08. The number of rotatable bonds is 7. The van der Waals surface area contributed by atoms with Gasteiger partial charge in [-0.15, -0.1) is 0 Å². The molecule has 0 unspecified atom stereocenters. The van der Waals surface area contributed by atoms with E-state index in [0.717, 1.165) is 11.3 Å². The zero-order chi connectivity index (χ0) is 20.0. The monoisotopic (exact) mass is 376 g/mol. The fourth-order valence-corrected chi connectivity index (χ4v) is 3.43. The third-order valence-corrected chi connectivity index (χ3v) is 4.84. The molecule has 1 aromatic carbocycles. The summed E-state index contributed by atoms with van der Waals surface area (Å²) in [6, 6.07) is 7.76. The minimum Gasteiger partial charge on any atom is -0.497 e. The Morgan fingerprint density at radius 3 is 2.37 bits per heavy atom. The summed E-state index contributed by atoms with van der Waals surface area (Å²) in [5, 5.41) is 2.93. The highest BCUT2D eigenvalue weighted by atomic mass is 16.5. The molecule has 1 heterocycles. The number of benzene rings is 1. The standard InChI is InChI=1S/C21H32N2O4/c1-21(2,3)12-19(24)23-13-17(15-6-8-16(27-5)9-7-15)18(14-23)20(25)22-10-11-26-4/h6-9,17-18H,10-14H2,1-5H3,(H,22,25)/t17-,18-/m0/s1. The van der Waals surface area contributed by atoms with Crippen molar-refractivity contribution in [2.24, 2.45) is 11.3 Å². The molecule has 2 amide bonds. The molecule has 150 valence electrons. The van der Waals surface area contributed by atoms with Gasteiger partial charge in [0.25, 0.3) is 0 Å². The van der Waals surface area contributed by atoms with Crippen molar-refractivity contribution >= 4 is 11.8 Å². The molecule has 6 heteroatoms. The minimum absolute atomic E-state index is 0.0256. The van der Waals surface area contributed by atoms with Crippen molar-refractivity contribution in [2.75, 3.05) is 40.5 Å². The van der Waals surface area contributed by atoms with E-state index in [4.69, 9.17) is 9.47 Å². The van der Waals surface area contributed by atoms with Crippen LogP contribution >= 0.6 is 0 Å². The van der Waals surface area contributed by atoms with Gasteiger partial charge in [0.05, 0.1) is 19.6 Å². The molecule has 1 fully saturated rings. The first kappa shape index (κ1) is 21.2. The molecule has 0 aliphatic carbocycles. The molecule has 0 saturated carbocycles. The molecule has 2 atom stereocenters. The van der Waals surface area contributed by atoms with Crippen molar-refractivity contribution in [3.8, 4) is 5.75 Å². The fourth-order valence-electron chi connectivity index (χ4n) is 3.43. The quantitative estimate of drug-likeness (QED) is 0.742. The summed E-state index contributed by atoms with van der Waals surface area (Å²) in [5.74, 6) is 0.562. The maximum Gasteiger partial charge on any atom is 0.225 e. The van der Waals surface area contributed by atoms with Gasteiger partial charge in [-0.3, -0.25) is 9.59 Å². The molecular formula is C21H32N2O4. The van der Waals surface area contributed by atoms with E-state index in [1.807, 2.05) is 29.2 Å². The number of hydrogen-bond donors (Lipinski definition) is 1. The summed E-state index contributed by atoms with van der Waals surface area (Å²) in [7, 11) is 3.23. The van der Waals surface area contributed by atoms with Crippen LogP contribution in [0.25, 0.3) is 0 Å². The lowest BCUT2D eigenvalue weighted by Crippen LogP contribution is -2.37. The average molecular weight is 376 g/mol. The van der Waals surface area contributed by atoms with E-state index in [2.05, 4.69) is 26.1 Å². The Morgan fingerprint density at radius 2 is 1.81 bits per heavy atom. The number of carbonyl (C=O) groups is 2. The van der Waals surface area contributed by atoms with Gasteiger partial charge in [-0.2, -0.15) is 0 Å². The highest BCUT2D eigenvalue weighted by molar-refractivity contribution is 5.83. The lowest BCUT2D eigenvalue weighted by molar-refractivity contribution is -0.132. The van der Waals surface area contributed by atoms with Crippen LogP contribution in [-0.2, 0) is 14.3 Å². The van der Waals surface area contributed by atoms with E-state index in [0.29, 0.717) is 32.7 Å². The number of likely N-dealkylation sites (tertiary alicyclic amines) is 1. The Balaban J connectivity index is 2.17. The first-order chi connectivity index (χ1) is 12.7. The SMILES string of the molecule is COCCNC(=O)[C@H]1CN(C(=O)CC(C)(C)C)C[C@H]1c1ccc(OC)cc1. The summed E-state index contributed by atoms with van der Waals surface area (Å²) in [6.07, 6.45) is 0.473. The highest BCUT2D eigenvalue weighted by Crippen LogP contribution is 2.35. The van der Waals surface area contributed by atoms with Gasteiger partial charge < -0.3 is 19.7 Å². The largest absolute Gasteiger partial charge is 0.497 e. The van der Waals surface area contributed by atoms with Crippen LogP contribution in [0.3, 0.4) is 0 Å². The molecule has 1 aromatic rings. The molecule has 1 aliphatic rings. The number of nitrogens with zero attached hydrogens (tertiary/aromatic N) is 1. The number of nitrogens with one attached hydrogen (secondary N) is 1. The predicted molar refractivity (Wildman–Crippen MR) is 105 cm³/mol. The average Bonchev–Trinajstić information content (AvgIpc) is 3.06. The van der Waals surface area contributed by atoms with Gasteiger partial charge in [-0.1, -0.05) is 32.9 Å². The van der Waals surface area contributed by atoms with Gasteiger partial charge in [-0.25, -0.2) is 0 Å². The predicted octanol–water partition coefficient (Wildman–Crippen LogP) is 2.44. The van der Waals surface area contributed by atoms with E-state index in [-0.39, 0.29) is 29.1 Å². The lowest BCUT2D eigenvalue weighted by Gasteiger charge is -2.23. The summed E-state index contributed by atoms with van der Waals surface area (Å²) >= 11 is 0. The first-order valence-electron chi connectivity index (χ1n) is 9.43. The van der Waals surface area contributed by atoms with Crippen molar-refractivity contribution in [1.29, 1.82) is 0 Å². The molecule has 1 N–H and O–H groups in total. The van der Waals surface area contributed by atoms with Crippen molar-refractivity contribution in [3.05, 3.63) is 29.8 Å². The van der Waals surface area contributed by atoms with Crippen molar-refractivity contribution < 1.29 is 19.1 Å². The van der Waals surface area contributed by atoms with Crippen LogP contribution in [-0.4, -0.2) is 57.2 Å². The van der Waals surface area contributed by atoms with Gasteiger partial charge in [0.2, 0.25) is 11.8 Å². The van der Waals surface area contributed by atoms with Crippen molar-refractivity contribution in [3.63, 3.8) is 0 Å². The van der Waals surface area contributed by atoms with E-state index in [9.17, 15) is 9.59 Å². The molecule has 0 spiro atoms. The van der Waals surface area contributed by atoms with Gasteiger partial charge in [0.15, 0.2) is 0 Å². The second-order valence-electron chi connectivity index (χ2n) is 8.31. The normalized spacial score (nSPS) is 19.8. The second kappa shape index (κ2) is 9.22. The highest BCUT2D eigenvalue weighted by Gasteiger charge is 2.40. The molecule has 0 radical (unpaired) electrons. The molecule has 1 saturated heterocycles. The Morgan fingerprint density at radius 1 is 1.15 bits per heavy atom. The van der Waals surface area contributed by atoms with Crippen LogP contribution in [0.15, 0.2) is 24.3 Å². The smallest absolute Gasteiger partial charge is 0.225 e. The van der Waals surface area contributed by atoms with E-state index in [1.54, 1.807) is 14.2 Å². The third kappa shape index (κ3) is 5.96. The number of hydrogen-bond acceptors (Lipinski definition) is 4. The van der Waals surface area contributed by atoms with Crippen molar-refractivity contribution in [2.45, 2.75) is 33.1 Å². The Labute approximate surface area is 162 Å². The van der Waals surface area contributed by atoms with Crippen LogP contribution in [0.2, 0.25) is 0 Å². The number of carbonyl (C=O) groups excluding carboxylic acids is 2. The molecule has 1 aliphatic heterocycles. The molecule has 27 heavy (non-hydrogen) atoms. The Kier molecular flexibility index (Phi) is 7.25. The minimum atomic E-state index is -0.265. The van der Waals surface area contributed by atoms with Crippen LogP contribution in [0, 0.1) is 11.3 Å². The van der Waals surface area contributed by atoms with Crippen molar-refractivity contribution in [1.82, 2.24) is 10.2 Å². The zero-order valence-electron chi connectivity index (χ0n) is 17.1. The zero-order valence-corrected chi connectivity index (χ0v) is 17.1. The third-order valence-electron chi connectivity index (χ3n) is 4.84. The second-order valence-corrected chi connectivity index (χ2v) is 8.31. The van der Waals surface area contributed by atoms with Gasteiger partial charge >= 0.3 is 0 Å². The molecule has 0 aromatic heterocycles.